The van der Waals surface area contributed by atoms with Gasteiger partial charge in [-0.3, -0.25) is 4.79 Å². The summed E-state index contributed by atoms with van der Waals surface area (Å²) >= 11 is 0. The first kappa shape index (κ1) is 18.7. The zero-order valence-electron chi connectivity index (χ0n) is 16.9. The molecule has 0 amide bonds. The molecule has 2 aliphatic heterocycles. The van der Waals surface area contributed by atoms with Crippen molar-refractivity contribution in [2.45, 2.75) is 63.8 Å². The molecule has 0 spiro atoms. The van der Waals surface area contributed by atoms with Gasteiger partial charge in [-0.1, -0.05) is 0 Å². The third-order valence-corrected chi connectivity index (χ3v) is 6.39. The van der Waals surface area contributed by atoms with E-state index in [-0.39, 0.29) is 11.6 Å². The fourth-order valence-corrected chi connectivity index (χ4v) is 4.70. The first-order valence-corrected chi connectivity index (χ1v) is 10.7. The average molecular weight is 396 g/mol. The monoisotopic (exact) mass is 396 g/mol. The molecule has 0 atom stereocenters. The third-order valence-electron chi connectivity index (χ3n) is 6.39. The summed E-state index contributed by atoms with van der Waals surface area (Å²) in [6.45, 7) is 3.17. The van der Waals surface area contributed by atoms with Crippen molar-refractivity contribution < 1.29 is 4.74 Å². The fourth-order valence-electron chi connectivity index (χ4n) is 4.70. The highest BCUT2D eigenvalue weighted by Gasteiger charge is 2.26. The Balaban J connectivity index is 1.23. The molecule has 4 heterocycles. The molecule has 1 aliphatic carbocycles. The quantitative estimate of drug-likeness (QED) is 0.845. The van der Waals surface area contributed by atoms with E-state index < -0.39 is 0 Å². The van der Waals surface area contributed by atoms with Gasteiger partial charge in [0.25, 0.3) is 5.56 Å². The molecule has 8 nitrogen and oxygen atoms in total. The van der Waals surface area contributed by atoms with Crippen LogP contribution < -0.4 is 10.9 Å². The second kappa shape index (κ2) is 7.84. The van der Waals surface area contributed by atoms with Crippen LogP contribution in [-0.2, 0) is 30.7 Å². The molecule has 1 N–H and O–H groups in total. The smallest absolute Gasteiger partial charge is 0.267 e. The Morgan fingerprint density at radius 2 is 1.93 bits per heavy atom. The van der Waals surface area contributed by atoms with Crippen LogP contribution in [0.25, 0.3) is 0 Å². The van der Waals surface area contributed by atoms with Crippen molar-refractivity contribution in [3.05, 3.63) is 45.0 Å². The Labute approximate surface area is 170 Å². The van der Waals surface area contributed by atoms with Crippen molar-refractivity contribution in [2.75, 3.05) is 25.5 Å². The molecule has 0 saturated heterocycles. The molecule has 5 rings (SSSR count). The second-order valence-corrected chi connectivity index (χ2v) is 8.54. The van der Waals surface area contributed by atoms with Gasteiger partial charge in [0, 0.05) is 43.6 Å². The molecule has 154 valence electrons. The topological polar surface area (TPSA) is 85.2 Å². The highest BCUT2D eigenvalue weighted by molar-refractivity contribution is 5.40. The number of anilines is 1. The standard InChI is InChI=1S/C21H28N6O2/c1-26-8-6-18-14(12-26)10-20(24-23-18)22-16-2-4-17(5-3-16)27-21(28)11-15-13-29-9-7-19(15)25-27/h10-11,16-17H,2-9,12-13H2,1H3,(H,22,24). The van der Waals surface area contributed by atoms with Crippen LogP contribution in [0.4, 0.5) is 5.82 Å². The van der Waals surface area contributed by atoms with E-state index in [0.717, 1.165) is 74.4 Å². The van der Waals surface area contributed by atoms with Crippen molar-refractivity contribution in [3.8, 4) is 0 Å². The van der Waals surface area contributed by atoms with E-state index in [0.29, 0.717) is 19.3 Å². The maximum absolute atomic E-state index is 12.5. The van der Waals surface area contributed by atoms with E-state index in [9.17, 15) is 4.79 Å². The zero-order chi connectivity index (χ0) is 19.8. The number of hydrogen-bond acceptors (Lipinski definition) is 7. The number of fused-ring (bicyclic) bond motifs is 2. The van der Waals surface area contributed by atoms with E-state index >= 15 is 0 Å². The normalized spacial score (nSPS) is 24.6. The van der Waals surface area contributed by atoms with Crippen LogP contribution in [0.5, 0.6) is 0 Å². The minimum Gasteiger partial charge on any atom is -0.376 e. The van der Waals surface area contributed by atoms with Crippen LogP contribution in [0.1, 0.15) is 54.2 Å². The van der Waals surface area contributed by atoms with E-state index in [4.69, 9.17) is 4.74 Å². The van der Waals surface area contributed by atoms with E-state index in [2.05, 4.69) is 38.6 Å². The summed E-state index contributed by atoms with van der Waals surface area (Å²) < 4.78 is 7.15. The van der Waals surface area contributed by atoms with Crippen LogP contribution in [0.15, 0.2) is 16.9 Å². The van der Waals surface area contributed by atoms with Crippen molar-refractivity contribution in [2.24, 2.45) is 0 Å². The Kier molecular flexibility index (Phi) is 5.05. The maximum Gasteiger partial charge on any atom is 0.267 e. The molecule has 0 radical (unpaired) electrons. The number of likely N-dealkylation sites (N-methyl/N-ethyl adjacent to an activating group) is 1. The van der Waals surface area contributed by atoms with Gasteiger partial charge in [0.05, 0.1) is 30.6 Å². The van der Waals surface area contributed by atoms with Gasteiger partial charge in [-0.25, -0.2) is 4.68 Å². The minimum atomic E-state index is -0.00432. The van der Waals surface area contributed by atoms with Gasteiger partial charge >= 0.3 is 0 Å². The molecule has 2 aromatic rings. The molecular weight excluding hydrogens is 368 g/mol. The largest absolute Gasteiger partial charge is 0.376 e. The summed E-state index contributed by atoms with van der Waals surface area (Å²) in [6, 6.07) is 4.41. The first-order chi connectivity index (χ1) is 14.2. The second-order valence-electron chi connectivity index (χ2n) is 8.54. The molecular formula is C21H28N6O2. The number of hydrogen-bond donors (Lipinski definition) is 1. The summed E-state index contributed by atoms with van der Waals surface area (Å²) in [5.74, 6) is 0.867. The lowest BCUT2D eigenvalue weighted by Crippen LogP contribution is -2.35. The van der Waals surface area contributed by atoms with Crippen LogP contribution in [0.3, 0.4) is 0 Å². The van der Waals surface area contributed by atoms with Gasteiger partial charge < -0.3 is 15.0 Å². The molecule has 1 fully saturated rings. The van der Waals surface area contributed by atoms with Crippen molar-refractivity contribution >= 4 is 5.82 Å². The summed E-state index contributed by atoms with van der Waals surface area (Å²) in [7, 11) is 2.14. The lowest BCUT2D eigenvalue weighted by Gasteiger charge is -2.31. The molecule has 1 saturated carbocycles. The third kappa shape index (κ3) is 3.91. The lowest BCUT2D eigenvalue weighted by atomic mass is 9.91. The van der Waals surface area contributed by atoms with Crippen LogP contribution in [0, 0.1) is 0 Å². The average Bonchev–Trinajstić information content (AvgIpc) is 2.73. The van der Waals surface area contributed by atoms with Crippen LogP contribution in [-0.4, -0.2) is 51.1 Å². The predicted octanol–water partition coefficient (Wildman–Crippen LogP) is 1.69. The van der Waals surface area contributed by atoms with Crippen molar-refractivity contribution in [3.63, 3.8) is 0 Å². The highest BCUT2D eigenvalue weighted by atomic mass is 16.5. The summed E-state index contributed by atoms with van der Waals surface area (Å²) in [5, 5.41) is 17.1. The molecule has 0 aromatic carbocycles. The van der Waals surface area contributed by atoms with Crippen molar-refractivity contribution in [1.29, 1.82) is 0 Å². The number of ether oxygens (including phenoxy) is 1. The Morgan fingerprint density at radius 1 is 1.07 bits per heavy atom. The van der Waals surface area contributed by atoms with E-state index in [1.165, 1.54) is 5.56 Å². The minimum absolute atomic E-state index is 0.00432. The molecule has 0 unspecified atom stereocenters. The van der Waals surface area contributed by atoms with Crippen molar-refractivity contribution in [1.82, 2.24) is 24.9 Å². The number of aromatic nitrogens is 4. The summed E-state index contributed by atoms with van der Waals surface area (Å²) in [5.41, 5.74) is 4.37. The van der Waals surface area contributed by atoms with Gasteiger partial charge in [-0.2, -0.15) is 10.2 Å². The fraction of sp³-hybridized carbons (Fsp3) is 0.619. The molecule has 0 bridgehead atoms. The predicted molar refractivity (Wildman–Crippen MR) is 109 cm³/mol. The van der Waals surface area contributed by atoms with Gasteiger partial charge in [0.1, 0.15) is 5.82 Å². The maximum atomic E-state index is 12.5. The zero-order valence-corrected chi connectivity index (χ0v) is 16.9. The first-order valence-electron chi connectivity index (χ1n) is 10.7. The Morgan fingerprint density at radius 3 is 2.79 bits per heavy atom. The summed E-state index contributed by atoms with van der Waals surface area (Å²) in [6.07, 6.45) is 5.65. The Bertz CT molecular complexity index is 951. The van der Waals surface area contributed by atoms with Crippen LogP contribution in [0.2, 0.25) is 0 Å². The van der Waals surface area contributed by atoms with Gasteiger partial charge in [0.15, 0.2) is 0 Å². The highest BCUT2D eigenvalue weighted by Crippen LogP contribution is 2.29. The van der Waals surface area contributed by atoms with E-state index in [1.807, 2.05) is 0 Å². The van der Waals surface area contributed by atoms with Crippen LogP contribution >= 0.6 is 0 Å². The SMILES string of the molecule is CN1CCc2nnc(NC3CCC(n4nc5c(cc4=O)COCC5)CC3)cc2C1. The Hall–Kier alpha value is -2.32. The molecule has 3 aliphatic rings. The molecule has 29 heavy (non-hydrogen) atoms. The molecule has 8 heteroatoms. The van der Waals surface area contributed by atoms with Gasteiger partial charge in [0.2, 0.25) is 0 Å². The number of nitrogens with one attached hydrogen (secondary N) is 1. The lowest BCUT2D eigenvalue weighted by molar-refractivity contribution is 0.107. The number of rotatable bonds is 3. The molecule has 2 aromatic heterocycles. The number of nitrogens with zero attached hydrogens (tertiary/aromatic N) is 5. The van der Waals surface area contributed by atoms with Gasteiger partial charge in [-0.05, 0) is 44.4 Å². The van der Waals surface area contributed by atoms with E-state index in [1.54, 1.807) is 10.7 Å². The summed E-state index contributed by atoms with van der Waals surface area (Å²) in [4.78, 5) is 14.8. The van der Waals surface area contributed by atoms with Gasteiger partial charge in [-0.15, -0.1) is 5.10 Å².